The SMILES string of the molecule is CCCc1nc(Nc2ccc(I)cc2)sc1C(=O)O. The molecule has 0 aliphatic carbocycles. The third-order valence-electron chi connectivity index (χ3n) is 2.47. The number of nitrogens with one attached hydrogen (secondary N) is 1. The molecular weight excluding hydrogens is 375 g/mol. The Morgan fingerprint density at radius 1 is 1.42 bits per heavy atom. The van der Waals surface area contributed by atoms with Crippen molar-refractivity contribution >= 4 is 50.7 Å². The van der Waals surface area contributed by atoms with Gasteiger partial charge in [-0.15, -0.1) is 0 Å². The lowest BCUT2D eigenvalue weighted by atomic mass is 10.2. The molecule has 0 aliphatic rings. The Morgan fingerprint density at radius 3 is 2.68 bits per heavy atom. The summed E-state index contributed by atoms with van der Waals surface area (Å²) >= 11 is 3.42. The Bertz CT molecular complexity index is 581. The third-order valence-corrected chi connectivity index (χ3v) is 4.19. The van der Waals surface area contributed by atoms with Gasteiger partial charge in [-0.2, -0.15) is 0 Å². The summed E-state index contributed by atoms with van der Waals surface area (Å²) < 4.78 is 1.15. The number of carboxylic acids is 1. The summed E-state index contributed by atoms with van der Waals surface area (Å²) in [7, 11) is 0. The zero-order valence-electron chi connectivity index (χ0n) is 10.3. The molecule has 0 unspecified atom stereocenters. The number of nitrogens with zero attached hydrogens (tertiary/aromatic N) is 1. The Balaban J connectivity index is 2.23. The van der Waals surface area contributed by atoms with Crippen molar-refractivity contribution in [1.82, 2.24) is 4.98 Å². The van der Waals surface area contributed by atoms with E-state index < -0.39 is 5.97 Å². The number of halogens is 1. The van der Waals surface area contributed by atoms with Crippen molar-refractivity contribution in [2.45, 2.75) is 19.8 Å². The first-order valence-corrected chi connectivity index (χ1v) is 7.75. The van der Waals surface area contributed by atoms with E-state index in [0.717, 1.165) is 15.7 Å². The van der Waals surface area contributed by atoms with Crippen molar-refractivity contribution in [3.8, 4) is 0 Å². The highest BCUT2D eigenvalue weighted by molar-refractivity contribution is 14.1. The highest BCUT2D eigenvalue weighted by atomic mass is 127. The quantitative estimate of drug-likeness (QED) is 0.756. The van der Waals surface area contributed by atoms with E-state index in [0.29, 0.717) is 22.1 Å². The summed E-state index contributed by atoms with van der Waals surface area (Å²) in [6.45, 7) is 2.01. The number of aromatic carboxylic acids is 1. The molecule has 0 atom stereocenters. The molecule has 0 radical (unpaired) electrons. The standard InChI is InChI=1S/C13H13IN2O2S/c1-2-3-10-11(12(17)18)19-13(16-10)15-9-6-4-8(14)5-7-9/h4-7H,2-3H2,1H3,(H,15,16)(H,17,18). The first-order chi connectivity index (χ1) is 9.10. The van der Waals surface area contributed by atoms with E-state index in [2.05, 4.69) is 32.9 Å². The Hall–Kier alpha value is -1.15. The van der Waals surface area contributed by atoms with Crippen LogP contribution in [0, 0.1) is 3.57 Å². The highest BCUT2D eigenvalue weighted by Gasteiger charge is 2.16. The monoisotopic (exact) mass is 388 g/mol. The maximum Gasteiger partial charge on any atom is 0.347 e. The first-order valence-electron chi connectivity index (χ1n) is 5.85. The van der Waals surface area contributed by atoms with Gasteiger partial charge in [0.1, 0.15) is 4.88 Å². The van der Waals surface area contributed by atoms with Gasteiger partial charge < -0.3 is 10.4 Å². The summed E-state index contributed by atoms with van der Waals surface area (Å²) in [5.41, 5.74) is 1.57. The lowest BCUT2D eigenvalue weighted by Crippen LogP contribution is -1.98. The van der Waals surface area contributed by atoms with Gasteiger partial charge in [-0.3, -0.25) is 0 Å². The van der Waals surface area contributed by atoms with E-state index >= 15 is 0 Å². The normalized spacial score (nSPS) is 10.4. The topological polar surface area (TPSA) is 62.2 Å². The van der Waals surface area contributed by atoms with Gasteiger partial charge in [0.05, 0.1) is 5.69 Å². The number of thiazole rings is 1. The zero-order valence-corrected chi connectivity index (χ0v) is 13.3. The molecule has 19 heavy (non-hydrogen) atoms. The number of benzene rings is 1. The van der Waals surface area contributed by atoms with Crippen LogP contribution in [0.3, 0.4) is 0 Å². The van der Waals surface area contributed by atoms with Crippen LogP contribution in [0.4, 0.5) is 10.8 Å². The molecule has 0 bridgehead atoms. The fourth-order valence-corrected chi connectivity index (χ4v) is 2.87. The molecule has 0 saturated carbocycles. The number of aryl methyl sites for hydroxylation is 1. The minimum Gasteiger partial charge on any atom is -0.477 e. The first kappa shape index (κ1) is 14.3. The van der Waals surface area contributed by atoms with Crippen LogP contribution in [0.25, 0.3) is 0 Å². The van der Waals surface area contributed by atoms with Crippen LogP contribution >= 0.6 is 33.9 Å². The lowest BCUT2D eigenvalue weighted by molar-refractivity contribution is 0.0700. The zero-order chi connectivity index (χ0) is 13.8. The van der Waals surface area contributed by atoms with Crippen molar-refractivity contribution < 1.29 is 9.90 Å². The fourth-order valence-electron chi connectivity index (χ4n) is 1.64. The van der Waals surface area contributed by atoms with Gasteiger partial charge in [-0.05, 0) is 53.3 Å². The smallest absolute Gasteiger partial charge is 0.347 e. The predicted molar refractivity (Wildman–Crippen MR) is 85.5 cm³/mol. The number of carbonyl (C=O) groups is 1. The molecule has 6 heteroatoms. The van der Waals surface area contributed by atoms with Crippen molar-refractivity contribution in [3.63, 3.8) is 0 Å². The number of anilines is 2. The minimum absolute atomic E-state index is 0.329. The molecule has 1 aromatic heterocycles. The van der Waals surface area contributed by atoms with Crippen molar-refractivity contribution in [2.24, 2.45) is 0 Å². The molecule has 100 valence electrons. The van der Waals surface area contributed by atoms with E-state index in [1.807, 2.05) is 31.2 Å². The molecule has 2 N–H and O–H groups in total. The molecule has 0 fully saturated rings. The fraction of sp³-hybridized carbons (Fsp3) is 0.231. The summed E-state index contributed by atoms with van der Waals surface area (Å²) in [4.78, 5) is 15.8. The largest absolute Gasteiger partial charge is 0.477 e. The van der Waals surface area contributed by atoms with E-state index in [1.165, 1.54) is 11.3 Å². The van der Waals surface area contributed by atoms with Crippen molar-refractivity contribution in [2.75, 3.05) is 5.32 Å². The van der Waals surface area contributed by atoms with Gasteiger partial charge in [-0.25, -0.2) is 9.78 Å². The molecule has 0 saturated heterocycles. The van der Waals surface area contributed by atoms with Gasteiger partial charge in [-0.1, -0.05) is 24.7 Å². The second kappa shape index (κ2) is 6.33. The van der Waals surface area contributed by atoms with E-state index in [9.17, 15) is 4.79 Å². The third kappa shape index (κ3) is 3.66. The molecule has 0 aliphatic heterocycles. The Kier molecular flexibility index (Phi) is 4.76. The number of hydrogen-bond donors (Lipinski definition) is 2. The van der Waals surface area contributed by atoms with Crippen LogP contribution in [0.5, 0.6) is 0 Å². The van der Waals surface area contributed by atoms with Gasteiger partial charge in [0.25, 0.3) is 0 Å². The summed E-state index contributed by atoms with van der Waals surface area (Å²) in [5.74, 6) is -0.906. The van der Waals surface area contributed by atoms with E-state index in [1.54, 1.807) is 0 Å². The van der Waals surface area contributed by atoms with Gasteiger partial charge in [0, 0.05) is 9.26 Å². The Labute approximate surface area is 129 Å². The predicted octanol–water partition coefficient (Wildman–Crippen LogP) is 4.14. The minimum atomic E-state index is -0.906. The van der Waals surface area contributed by atoms with Crippen LogP contribution in [0.2, 0.25) is 0 Å². The van der Waals surface area contributed by atoms with Gasteiger partial charge in [0.2, 0.25) is 0 Å². The maximum atomic E-state index is 11.1. The second-order valence-electron chi connectivity index (χ2n) is 3.98. The highest BCUT2D eigenvalue weighted by Crippen LogP contribution is 2.27. The molecule has 4 nitrogen and oxygen atoms in total. The van der Waals surface area contributed by atoms with Gasteiger partial charge >= 0.3 is 5.97 Å². The van der Waals surface area contributed by atoms with Gasteiger partial charge in [0.15, 0.2) is 5.13 Å². The van der Waals surface area contributed by atoms with Crippen molar-refractivity contribution in [3.05, 3.63) is 38.4 Å². The molecule has 2 aromatic rings. The van der Waals surface area contributed by atoms with Crippen molar-refractivity contribution in [1.29, 1.82) is 0 Å². The lowest BCUT2D eigenvalue weighted by Gasteiger charge is -2.01. The van der Waals surface area contributed by atoms with Crippen LogP contribution in [0.15, 0.2) is 24.3 Å². The molecule has 0 spiro atoms. The summed E-state index contributed by atoms with van der Waals surface area (Å²) in [6, 6.07) is 7.87. The number of hydrogen-bond acceptors (Lipinski definition) is 4. The van der Waals surface area contributed by atoms with Crippen LogP contribution in [-0.4, -0.2) is 16.1 Å². The summed E-state index contributed by atoms with van der Waals surface area (Å²) in [6.07, 6.45) is 1.57. The molecule has 2 rings (SSSR count). The molecule has 1 heterocycles. The molecular formula is C13H13IN2O2S. The second-order valence-corrected chi connectivity index (χ2v) is 6.23. The average Bonchev–Trinajstić information content (AvgIpc) is 2.76. The summed E-state index contributed by atoms with van der Waals surface area (Å²) in [5, 5.41) is 12.9. The van der Waals surface area contributed by atoms with E-state index in [4.69, 9.17) is 5.11 Å². The number of rotatable bonds is 5. The maximum absolute atomic E-state index is 11.1. The van der Waals surface area contributed by atoms with Crippen LogP contribution in [-0.2, 0) is 6.42 Å². The van der Waals surface area contributed by atoms with E-state index in [-0.39, 0.29) is 0 Å². The molecule has 1 aromatic carbocycles. The number of aromatic nitrogens is 1. The average molecular weight is 388 g/mol. The van der Waals surface area contributed by atoms with Crippen LogP contribution < -0.4 is 5.32 Å². The van der Waals surface area contributed by atoms with Crippen LogP contribution in [0.1, 0.15) is 28.7 Å². The Morgan fingerprint density at radius 2 is 2.11 bits per heavy atom. The number of carboxylic acid groups (broad SMARTS) is 1. The molecule has 0 amide bonds.